The molecule has 12 heteroatoms. The number of alkyl halides is 3. The highest BCUT2D eigenvalue weighted by Crippen LogP contribution is 2.22. The largest absolute Gasteiger partial charge is 0.490 e. The Labute approximate surface area is 183 Å². The number of anilines is 2. The molecule has 0 radical (unpaired) electrons. The van der Waals surface area contributed by atoms with Gasteiger partial charge in [-0.25, -0.2) is 4.79 Å². The summed E-state index contributed by atoms with van der Waals surface area (Å²) in [5, 5.41) is 22.3. The van der Waals surface area contributed by atoms with Gasteiger partial charge in [-0.1, -0.05) is 0 Å². The molecule has 4 N–H and O–H groups in total. The van der Waals surface area contributed by atoms with Crippen LogP contribution in [0.5, 0.6) is 0 Å². The monoisotopic (exact) mass is 460 g/mol. The second kappa shape index (κ2) is 11.7. The minimum Gasteiger partial charge on any atom is -0.480 e. The van der Waals surface area contributed by atoms with E-state index >= 15 is 0 Å². The van der Waals surface area contributed by atoms with Crippen molar-refractivity contribution in [2.24, 2.45) is 5.92 Å². The van der Waals surface area contributed by atoms with Crippen molar-refractivity contribution in [2.75, 3.05) is 56.0 Å². The van der Waals surface area contributed by atoms with E-state index in [0.717, 1.165) is 31.9 Å². The molecule has 0 atom stereocenters. The van der Waals surface area contributed by atoms with E-state index in [9.17, 15) is 22.8 Å². The third kappa shape index (κ3) is 8.35. The van der Waals surface area contributed by atoms with Crippen LogP contribution >= 0.6 is 0 Å². The number of hydrogen-bond acceptors (Lipinski definition) is 6. The van der Waals surface area contributed by atoms with E-state index in [1.54, 1.807) is 0 Å². The van der Waals surface area contributed by atoms with Crippen LogP contribution in [0.1, 0.15) is 12.8 Å². The molecule has 2 aliphatic rings. The predicted molar refractivity (Wildman–Crippen MR) is 111 cm³/mol. The van der Waals surface area contributed by atoms with Crippen molar-refractivity contribution in [3.05, 3.63) is 24.3 Å². The first-order chi connectivity index (χ1) is 15.1. The molecule has 3 rings (SSSR count). The molecule has 0 bridgehead atoms. The zero-order valence-electron chi connectivity index (χ0n) is 17.4. The molecule has 32 heavy (non-hydrogen) atoms. The summed E-state index contributed by atoms with van der Waals surface area (Å²) in [6.45, 7) is 5.37. The number of likely N-dealkylation sites (tertiary alicyclic amines) is 1. The first-order valence-electron chi connectivity index (χ1n) is 10.2. The highest BCUT2D eigenvalue weighted by Gasteiger charge is 2.38. The van der Waals surface area contributed by atoms with E-state index in [-0.39, 0.29) is 18.4 Å². The molecule has 0 unspecified atom stereocenters. The van der Waals surface area contributed by atoms with Gasteiger partial charge in [-0.3, -0.25) is 14.5 Å². The number of nitrogens with one attached hydrogen (secondary N) is 2. The Morgan fingerprint density at radius 2 is 1.53 bits per heavy atom. The number of halogens is 3. The average Bonchev–Trinajstić information content (AvgIpc) is 2.75. The molecule has 2 aliphatic heterocycles. The summed E-state index contributed by atoms with van der Waals surface area (Å²) in [5.41, 5.74) is 2.00. The summed E-state index contributed by atoms with van der Waals surface area (Å²) in [6.07, 6.45) is -3.67. The number of carboxylic acids is 2. The van der Waals surface area contributed by atoms with Crippen LogP contribution in [0.4, 0.5) is 24.5 Å². The van der Waals surface area contributed by atoms with Crippen LogP contribution in [-0.2, 0) is 14.4 Å². The lowest BCUT2D eigenvalue weighted by Crippen LogP contribution is -2.43. The molecule has 2 heterocycles. The Balaban J connectivity index is 0.000000451. The van der Waals surface area contributed by atoms with Crippen molar-refractivity contribution >= 4 is 29.2 Å². The van der Waals surface area contributed by atoms with Crippen molar-refractivity contribution in [3.63, 3.8) is 0 Å². The van der Waals surface area contributed by atoms with E-state index in [0.29, 0.717) is 25.9 Å². The minimum atomic E-state index is -5.08. The maximum atomic E-state index is 12.4. The van der Waals surface area contributed by atoms with Crippen molar-refractivity contribution in [2.45, 2.75) is 19.0 Å². The van der Waals surface area contributed by atoms with Crippen LogP contribution < -0.4 is 15.5 Å². The van der Waals surface area contributed by atoms with E-state index in [1.807, 2.05) is 17.0 Å². The Morgan fingerprint density at radius 1 is 1.00 bits per heavy atom. The highest BCUT2D eigenvalue weighted by atomic mass is 19.4. The summed E-state index contributed by atoms with van der Waals surface area (Å²) >= 11 is 0. The Morgan fingerprint density at radius 3 is 2.00 bits per heavy atom. The minimum absolute atomic E-state index is 0.0323. The summed E-state index contributed by atoms with van der Waals surface area (Å²) in [7, 11) is 0. The van der Waals surface area contributed by atoms with Crippen molar-refractivity contribution in [3.8, 4) is 0 Å². The lowest BCUT2D eigenvalue weighted by molar-refractivity contribution is -0.192. The number of aliphatic carboxylic acids is 2. The molecule has 1 aromatic carbocycles. The van der Waals surface area contributed by atoms with Crippen LogP contribution in [-0.4, -0.2) is 84.9 Å². The number of piperidine rings is 1. The van der Waals surface area contributed by atoms with E-state index < -0.39 is 18.1 Å². The number of hydrogen-bond donors (Lipinski definition) is 4. The molecular formula is C20H27F3N4O5. The van der Waals surface area contributed by atoms with Gasteiger partial charge in [0, 0.05) is 43.5 Å². The lowest BCUT2D eigenvalue weighted by atomic mass is 9.96. The molecule has 0 saturated carbocycles. The Kier molecular flexibility index (Phi) is 9.27. The van der Waals surface area contributed by atoms with Gasteiger partial charge in [0.2, 0.25) is 5.91 Å². The average molecular weight is 460 g/mol. The third-order valence-electron chi connectivity index (χ3n) is 5.18. The van der Waals surface area contributed by atoms with E-state index in [4.69, 9.17) is 15.0 Å². The molecular weight excluding hydrogens is 433 g/mol. The molecule has 2 saturated heterocycles. The molecule has 0 aromatic heterocycles. The van der Waals surface area contributed by atoms with Gasteiger partial charge in [0.05, 0.1) is 6.54 Å². The van der Waals surface area contributed by atoms with Gasteiger partial charge < -0.3 is 25.7 Å². The van der Waals surface area contributed by atoms with Gasteiger partial charge in [0.15, 0.2) is 0 Å². The number of carboxylic acid groups (broad SMARTS) is 2. The number of nitrogens with zero attached hydrogens (tertiary/aromatic N) is 2. The van der Waals surface area contributed by atoms with Crippen molar-refractivity contribution in [1.29, 1.82) is 0 Å². The van der Waals surface area contributed by atoms with Crippen LogP contribution in [0, 0.1) is 5.92 Å². The van der Waals surface area contributed by atoms with Gasteiger partial charge in [0.1, 0.15) is 0 Å². The zero-order valence-corrected chi connectivity index (χ0v) is 17.4. The third-order valence-corrected chi connectivity index (χ3v) is 5.18. The van der Waals surface area contributed by atoms with E-state index in [1.165, 1.54) is 5.69 Å². The maximum Gasteiger partial charge on any atom is 0.490 e. The molecule has 178 valence electrons. The van der Waals surface area contributed by atoms with Crippen LogP contribution in [0.2, 0.25) is 0 Å². The van der Waals surface area contributed by atoms with Crippen molar-refractivity contribution < 1.29 is 37.8 Å². The zero-order chi connectivity index (χ0) is 23.7. The standard InChI is InChI=1S/C18H26N4O3.C2HF3O2/c23-17(24)13-21-9-5-14(6-10-21)18(25)20-15-1-3-16(4-2-15)22-11-7-19-8-12-22;3-2(4,5)1(6)7/h1-4,14,19H,5-13H2,(H,20,25)(H,23,24);(H,6,7). The van der Waals surface area contributed by atoms with Crippen molar-refractivity contribution in [1.82, 2.24) is 10.2 Å². The second-order valence-corrected chi connectivity index (χ2v) is 7.52. The number of carbonyl (C=O) groups excluding carboxylic acids is 1. The second-order valence-electron chi connectivity index (χ2n) is 7.52. The van der Waals surface area contributed by atoms with Gasteiger partial charge in [-0.15, -0.1) is 0 Å². The van der Waals surface area contributed by atoms with Gasteiger partial charge in [-0.05, 0) is 50.2 Å². The number of amides is 1. The summed E-state index contributed by atoms with van der Waals surface area (Å²) in [6, 6.07) is 8.01. The maximum absolute atomic E-state index is 12.4. The highest BCUT2D eigenvalue weighted by molar-refractivity contribution is 5.92. The quantitative estimate of drug-likeness (QED) is 0.521. The number of piperazine rings is 1. The number of rotatable bonds is 5. The van der Waals surface area contributed by atoms with Crippen LogP contribution in [0.25, 0.3) is 0 Å². The molecule has 1 amide bonds. The molecule has 1 aromatic rings. The summed E-state index contributed by atoms with van der Waals surface area (Å²) < 4.78 is 31.7. The lowest BCUT2D eigenvalue weighted by Gasteiger charge is -2.30. The van der Waals surface area contributed by atoms with Gasteiger partial charge in [-0.2, -0.15) is 13.2 Å². The fourth-order valence-corrected chi connectivity index (χ4v) is 3.47. The number of benzene rings is 1. The smallest absolute Gasteiger partial charge is 0.480 e. The first-order valence-corrected chi connectivity index (χ1v) is 10.2. The molecule has 2 fully saturated rings. The molecule has 9 nitrogen and oxygen atoms in total. The van der Waals surface area contributed by atoms with Crippen LogP contribution in [0.15, 0.2) is 24.3 Å². The fourth-order valence-electron chi connectivity index (χ4n) is 3.47. The Bertz CT molecular complexity index is 774. The normalized spacial score (nSPS) is 17.8. The molecule has 0 aliphatic carbocycles. The summed E-state index contributed by atoms with van der Waals surface area (Å²) in [4.78, 5) is 36.3. The first kappa shape index (κ1) is 25.4. The predicted octanol–water partition coefficient (Wildman–Crippen LogP) is 1.46. The van der Waals surface area contributed by atoms with Gasteiger partial charge in [0.25, 0.3) is 0 Å². The molecule has 0 spiro atoms. The SMILES string of the molecule is O=C(O)C(F)(F)F.O=C(O)CN1CCC(C(=O)Nc2ccc(N3CCNCC3)cc2)CC1. The summed E-state index contributed by atoms with van der Waals surface area (Å²) in [5.74, 6) is -3.58. The van der Waals surface area contributed by atoms with E-state index in [2.05, 4.69) is 27.7 Å². The van der Waals surface area contributed by atoms with Crippen LogP contribution in [0.3, 0.4) is 0 Å². The Hall–Kier alpha value is -2.86. The number of carbonyl (C=O) groups is 3. The van der Waals surface area contributed by atoms with Gasteiger partial charge >= 0.3 is 18.1 Å². The fraction of sp³-hybridized carbons (Fsp3) is 0.550. The topological polar surface area (TPSA) is 122 Å².